The van der Waals surface area contributed by atoms with Crippen LogP contribution in [0, 0.1) is 0 Å². The van der Waals surface area contributed by atoms with Gasteiger partial charge in [-0.05, 0) is 41.4 Å². The highest BCUT2D eigenvalue weighted by atomic mass is 79.9. The topological polar surface area (TPSA) is 87.9 Å². The SMILES string of the molecule is CCOC(=O)C1=C(N)OC2=C(C(=O)CCC2)[C@H]1c1cc(Br)cc(Br)c1OC. The highest BCUT2D eigenvalue weighted by molar-refractivity contribution is 9.11. The number of carbonyl (C=O) groups excluding carboxylic acids is 2. The molecule has 0 spiro atoms. The standard InChI is InChI=1S/C19H19Br2NO5/c1-3-26-19(24)16-14(10-7-9(20)8-11(21)17(10)25-2)15-12(23)5-4-6-13(15)27-18(16)22/h7-8,14H,3-6,22H2,1-2H3/t14-/m1/s1. The van der Waals surface area contributed by atoms with Crippen LogP contribution in [-0.4, -0.2) is 25.5 Å². The molecule has 2 aliphatic rings. The number of carbonyl (C=O) groups is 2. The van der Waals surface area contributed by atoms with Crippen LogP contribution in [0.1, 0.15) is 37.7 Å². The first-order chi connectivity index (χ1) is 12.9. The van der Waals surface area contributed by atoms with Crippen LogP contribution in [0.2, 0.25) is 0 Å². The van der Waals surface area contributed by atoms with E-state index in [-0.39, 0.29) is 23.8 Å². The summed E-state index contributed by atoms with van der Waals surface area (Å²) in [6, 6.07) is 3.65. The molecule has 1 heterocycles. The van der Waals surface area contributed by atoms with E-state index >= 15 is 0 Å². The lowest BCUT2D eigenvalue weighted by atomic mass is 9.77. The van der Waals surface area contributed by atoms with Gasteiger partial charge in [0.1, 0.15) is 17.1 Å². The zero-order valence-corrected chi connectivity index (χ0v) is 18.1. The molecule has 0 amide bonds. The number of methoxy groups -OCH3 is 1. The monoisotopic (exact) mass is 499 g/mol. The van der Waals surface area contributed by atoms with Crippen molar-refractivity contribution in [3.63, 3.8) is 0 Å². The summed E-state index contributed by atoms with van der Waals surface area (Å²) < 4.78 is 17.9. The summed E-state index contributed by atoms with van der Waals surface area (Å²) in [5.41, 5.74) is 7.31. The maximum absolute atomic E-state index is 12.8. The Labute approximate surface area is 174 Å². The zero-order chi connectivity index (χ0) is 19.7. The fraction of sp³-hybridized carbons (Fsp3) is 0.368. The number of esters is 1. The number of hydrogen-bond acceptors (Lipinski definition) is 6. The molecule has 0 radical (unpaired) electrons. The van der Waals surface area contributed by atoms with Crippen LogP contribution >= 0.6 is 31.9 Å². The van der Waals surface area contributed by atoms with E-state index in [1.807, 2.05) is 12.1 Å². The van der Waals surface area contributed by atoms with Crippen molar-refractivity contribution in [3.8, 4) is 5.75 Å². The van der Waals surface area contributed by atoms with E-state index in [2.05, 4.69) is 31.9 Å². The summed E-state index contributed by atoms with van der Waals surface area (Å²) in [5, 5.41) is 0. The second-order valence-electron chi connectivity index (χ2n) is 6.16. The van der Waals surface area contributed by atoms with Gasteiger partial charge in [0.2, 0.25) is 5.88 Å². The van der Waals surface area contributed by atoms with Gasteiger partial charge in [-0.15, -0.1) is 0 Å². The lowest BCUT2D eigenvalue weighted by Gasteiger charge is -2.33. The number of halogens is 2. The summed E-state index contributed by atoms with van der Waals surface area (Å²) in [7, 11) is 1.53. The van der Waals surface area contributed by atoms with Crippen LogP contribution < -0.4 is 10.5 Å². The summed E-state index contributed by atoms with van der Waals surface area (Å²) in [4.78, 5) is 25.5. The minimum atomic E-state index is -0.718. The molecule has 27 heavy (non-hydrogen) atoms. The van der Waals surface area contributed by atoms with Crippen LogP contribution in [0.25, 0.3) is 0 Å². The first-order valence-corrected chi connectivity index (χ1v) is 10.1. The Morgan fingerprint density at radius 1 is 1.33 bits per heavy atom. The molecule has 0 unspecified atom stereocenters. The largest absolute Gasteiger partial charge is 0.495 e. The molecule has 1 aromatic rings. The molecule has 0 saturated heterocycles. The molecule has 0 aromatic heterocycles. The summed E-state index contributed by atoms with van der Waals surface area (Å²) in [6.07, 6.45) is 1.67. The van der Waals surface area contributed by atoms with Crippen LogP contribution in [0.15, 0.2) is 43.9 Å². The van der Waals surface area contributed by atoms with Crippen molar-refractivity contribution in [1.82, 2.24) is 0 Å². The van der Waals surface area contributed by atoms with Gasteiger partial charge in [-0.2, -0.15) is 0 Å². The number of ether oxygens (including phenoxy) is 3. The molecule has 1 aromatic carbocycles. The second kappa shape index (κ2) is 8.06. The Kier molecular flexibility index (Phi) is 5.95. The van der Waals surface area contributed by atoms with E-state index in [0.717, 1.165) is 4.47 Å². The van der Waals surface area contributed by atoms with Crippen LogP contribution in [0.4, 0.5) is 0 Å². The predicted molar refractivity (Wildman–Crippen MR) is 106 cm³/mol. The highest BCUT2D eigenvalue weighted by Gasteiger charge is 2.42. The molecular weight excluding hydrogens is 482 g/mol. The summed E-state index contributed by atoms with van der Waals surface area (Å²) >= 11 is 6.95. The van der Waals surface area contributed by atoms with Gasteiger partial charge in [-0.3, -0.25) is 4.79 Å². The van der Waals surface area contributed by atoms with Gasteiger partial charge in [0, 0.05) is 28.5 Å². The van der Waals surface area contributed by atoms with E-state index < -0.39 is 11.9 Å². The lowest BCUT2D eigenvalue weighted by Crippen LogP contribution is -2.31. The molecule has 2 N–H and O–H groups in total. The maximum Gasteiger partial charge on any atom is 0.340 e. The molecule has 0 fully saturated rings. The minimum absolute atomic E-state index is 0.0370. The van der Waals surface area contributed by atoms with Gasteiger partial charge < -0.3 is 19.9 Å². The number of benzene rings is 1. The molecule has 144 valence electrons. The van der Waals surface area contributed by atoms with Crippen molar-refractivity contribution in [3.05, 3.63) is 49.4 Å². The molecule has 0 saturated carbocycles. The first kappa shape index (κ1) is 19.9. The Morgan fingerprint density at radius 3 is 2.74 bits per heavy atom. The number of Topliss-reactive ketones (excluding diaryl/α,β-unsaturated/α-hetero) is 1. The summed E-state index contributed by atoms with van der Waals surface area (Å²) in [6.45, 7) is 1.89. The van der Waals surface area contributed by atoms with Crippen LogP contribution in [-0.2, 0) is 19.1 Å². The summed E-state index contributed by atoms with van der Waals surface area (Å²) in [5.74, 6) is -0.393. The van der Waals surface area contributed by atoms with Gasteiger partial charge >= 0.3 is 5.97 Å². The average molecular weight is 501 g/mol. The van der Waals surface area contributed by atoms with Crippen molar-refractivity contribution >= 4 is 43.6 Å². The molecule has 1 atom stereocenters. The second-order valence-corrected chi connectivity index (χ2v) is 7.93. The minimum Gasteiger partial charge on any atom is -0.495 e. The zero-order valence-electron chi connectivity index (χ0n) is 14.9. The maximum atomic E-state index is 12.8. The fourth-order valence-electron chi connectivity index (χ4n) is 3.48. The van der Waals surface area contributed by atoms with Gasteiger partial charge in [-0.25, -0.2) is 4.79 Å². The van der Waals surface area contributed by atoms with Crippen molar-refractivity contribution in [2.24, 2.45) is 5.73 Å². The van der Waals surface area contributed by atoms with E-state index in [1.54, 1.807) is 6.92 Å². The molecule has 8 heteroatoms. The molecule has 6 nitrogen and oxygen atoms in total. The quantitative estimate of drug-likeness (QED) is 0.627. The molecule has 1 aliphatic heterocycles. The molecular formula is C19H19Br2NO5. The van der Waals surface area contributed by atoms with Gasteiger partial charge in [0.25, 0.3) is 0 Å². The Balaban J connectivity index is 2.28. The number of allylic oxidation sites excluding steroid dienone is 2. The third-order valence-corrected chi connectivity index (χ3v) is 5.58. The van der Waals surface area contributed by atoms with E-state index in [0.29, 0.717) is 46.4 Å². The predicted octanol–water partition coefficient (Wildman–Crippen LogP) is 4.07. The van der Waals surface area contributed by atoms with Gasteiger partial charge in [-0.1, -0.05) is 15.9 Å². The Morgan fingerprint density at radius 2 is 2.07 bits per heavy atom. The highest BCUT2D eigenvalue weighted by Crippen LogP contribution is 2.48. The molecule has 1 aliphatic carbocycles. The first-order valence-electron chi connectivity index (χ1n) is 8.52. The Hall–Kier alpha value is -1.80. The van der Waals surface area contributed by atoms with Gasteiger partial charge in [0.05, 0.1) is 24.1 Å². The van der Waals surface area contributed by atoms with Crippen molar-refractivity contribution in [2.75, 3.05) is 13.7 Å². The molecule has 0 bridgehead atoms. The smallest absolute Gasteiger partial charge is 0.340 e. The average Bonchev–Trinajstić information content (AvgIpc) is 2.60. The third kappa shape index (κ3) is 3.65. The van der Waals surface area contributed by atoms with E-state index in [4.69, 9.17) is 19.9 Å². The third-order valence-electron chi connectivity index (χ3n) is 4.53. The fourth-order valence-corrected chi connectivity index (χ4v) is 4.91. The number of ketones is 1. The van der Waals surface area contributed by atoms with Crippen molar-refractivity contribution in [2.45, 2.75) is 32.1 Å². The van der Waals surface area contributed by atoms with Gasteiger partial charge in [0.15, 0.2) is 5.78 Å². The normalized spacial score (nSPS) is 19.6. The number of hydrogen-bond donors (Lipinski definition) is 1. The van der Waals surface area contributed by atoms with Crippen molar-refractivity contribution in [1.29, 1.82) is 0 Å². The Bertz CT molecular complexity index is 875. The van der Waals surface area contributed by atoms with E-state index in [1.165, 1.54) is 7.11 Å². The number of rotatable bonds is 4. The lowest BCUT2D eigenvalue weighted by molar-refractivity contribution is -0.139. The van der Waals surface area contributed by atoms with Crippen LogP contribution in [0.3, 0.4) is 0 Å². The van der Waals surface area contributed by atoms with E-state index in [9.17, 15) is 9.59 Å². The molecule has 3 rings (SSSR count). The van der Waals surface area contributed by atoms with Crippen molar-refractivity contribution < 1.29 is 23.8 Å². The van der Waals surface area contributed by atoms with Crippen LogP contribution in [0.5, 0.6) is 5.75 Å². The number of nitrogens with two attached hydrogens (primary N) is 1.